The van der Waals surface area contributed by atoms with E-state index in [2.05, 4.69) is 4.98 Å². The van der Waals surface area contributed by atoms with Crippen molar-refractivity contribution < 1.29 is 14.7 Å². The number of aromatic nitrogens is 1. The molecule has 0 saturated heterocycles. The summed E-state index contributed by atoms with van der Waals surface area (Å²) in [5.74, 6) is -1.21. The van der Waals surface area contributed by atoms with Crippen LogP contribution in [-0.4, -0.2) is 40.5 Å². The van der Waals surface area contributed by atoms with E-state index in [9.17, 15) is 9.59 Å². The number of fused-ring (bicyclic) bond motifs is 1. The monoisotopic (exact) mass is 260 g/mol. The van der Waals surface area contributed by atoms with Gasteiger partial charge in [0.15, 0.2) is 0 Å². The summed E-state index contributed by atoms with van der Waals surface area (Å²) in [6, 6.07) is 5.98. The molecule has 1 aromatic carbocycles. The predicted octanol–water partition coefficient (Wildman–Crippen LogP) is 1.56. The highest BCUT2D eigenvalue weighted by atomic mass is 16.4. The Kier molecular flexibility index (Phi) is 3.55. The van der Waals surface area contributed by atoms with Crippen LogP contribution in [0.15, 0.2) is 24.4 Å². The first-order valence-corrected chi connectivity index (χ1v) is 5.99. The Bertz CT molecular complexity index is 631. The number of H-pyrrole nitrogens is 1. The fourth-order valence-corrected chi connectivity index (χ4v) is 2.04. The van der Waals surface area contributed by atoms with Gasteiger partial charge in [0.25, 0.3) is 0 Å². The van der Waals surface area contributed by atoms with Crippen molar-refractivity contribution in [1.29, 1.82) is 0 Å². The molecular weight excluding hydrogens is 244 g/mol. The lowest BCUT2D eigenvalue weighted by Crippen LogP contribution is -2.32. The van der Waals surface area contributed by atoms with E-state index < -0.39 is 5.97 Å². The molecule has 1 aromatic heterocycles. The fraction of sp³-hybridized carbons (Fsp3) is 0.286. The minimum atomic E-state index is -1.01. The summed E-state index contributed by atoms with van der Waals surface area (Å²) in [6.45, 7) is 1.73. The van der Waals surface area contributed by atoms with Gasteiger partial charge in [-0.3, -0.25) is 9.59 Å². The maximum atomic E-state index is 11.9. The lowest BCUT2D eigenvalue weighted by atomic mass is 10.1. The Hall–Kier alpha value is -2.30. The first kappa shape index (κ1) is 13.1. The number of likely N-dealkylation sites (N-methyl/N-ethyl adjacent to an activating group) is 1. The van der Waals surface area contributed by atoms with Gasteiger partial charge in [-0.15, -0.1) is 0 Å². The van der Waals surface area contributed by atoms with Crippen molar-refractivity contribution in [3.8, 4) is 0 Å². The second-order valence-electron chi connectivity index (χ2n) is 4.68. The van der Waals surface area contributed by atoms with Crippen molar-refractivity contribution >= 4 is 22.8 Å². The number of hydrogen-bond acceptors (Lipinski definition) is 2. The Labute approximate surface area is 110 Å². The van der Waals surface area contributed by atoms with E-state index in [1.807, 2.05) is 25.1 Å². The largest absolute Gasteiger partial charge is 0.480 e. The molecule has 0 atom stereocenters. The Morgan fingerprint density at radius 1 is 1.37 bits per heavy atom. The highest BCUT2D eigenvalue weighted by molar-refractivity contribution is 5.90. The molecule has 2 rings (SSSR count). The van der Waals surface area contributed by atoms with Crippen LogP contribution in [0.5, 0.6) is 0 Å². The van der Waals surface area contributed by atoms with Crippen LogP contribution in [0.3, 0.4) is 0 Å². The number of aliphatic carboxylic acids is 1. The molecule has 0 fully saturated rings. The minimum absolute atomic E-state index is 0.201. The van der Waals surface area contributed by atoms with E-state index in [-0.39, 0.29) is 18.9 Å². The molecule has 0 spiro atoms. The number of benzene rings is 1. The fourth-order valence-electron chi connectivity index (χ4n) is 2.04. The summed E-state index contributed by atoms with van der Waals surface area (Å²) in [6.07, 6.45) is 2.00. The van der Waals surface area contributed by atoms with E-state index in [1.54, 1.807) is 6.20 Å². The summed E-state index contributed by atoms with van der Waals surface area (Å²) in [5, 5.41) is 9.66. The SMILES string of the molecule is Cc1ccc2c(CC(=O)N(C)CC(=O)O)c[nH]c2c1. The smallest absolute Gasteiger partial charge is 0.323 e. The van der Waals surface area contributed by atoms with E-state index in [1.165, 1.54) is 11.9 Å². The third-order valence-electron chi connectivity index (χ3n) is 3.06. The van der Waals surface area contributed by atoms with Crippen LogP contribution in [0, 0.1) is 6.92 Å². The molecule has 0 saturated carbocycles. The van der Waals surface area contributed by atoms with Gasteiger partial charge in [0, 0.05) is 24.1 Å². The van der Waals surface area contributed by atoms with Crippen LogP contribution in [-0.2, 0) is 16.0 Å². The number of amides is 1. The van der Waals surface area contributed by atoms with Gasteiger partial charge in [-0.05, 0) is 24.1 Å². The molecule has 2 N–H and O–H groups in total. The lowest BCUT2D eigenvalue weighted by molar-refractivity contribution is -0.143. The van der Waals surface area contributed by atoms with Gasteiger partial charge < -0.3 is 15.0 Å². The topological polar surface area (TPSA) is 73.4 Å². The molecule has 1 amide bonds. The Morgan fingerprint density at radius 2 is 2.11 bits per heavy atom. The quantitative estimate of drug-likeness (QED) is 0.876. The second kappa shape index (κ2) is 5.14. The van der Waals surface area contributed by atoms with E-state index in [0.717, 1.165) is 22.0 Å². The zero-order chi connectivity index (χ0) is 14.0. The third-order valence-corrected chi connectivity index (χ3v) is 3.06. The van der Waals surface area contributed by atoms with E-state index in [0.29, 0.717) is 0 Å². The average molecular weight is 260 g/mol. The zero-order valence-corrected chi connectivity index (χ0v) is 10.9. The minimum Gasteiger partial charge on any atom is -0.480 e. The summed E-state index contributed by atoms with van der Waals surface area (Å²) >= 11 is 0. The molecule has 0 unspecified atom stereocenters. The standard InChI is InChI=1S/C14H16N2O3/c1-9-3-4-11-10(7-15-12(11)5-9)6-13(17)16(2)8-14(18)19/h3-5,7,15H,6,8H2,1-2H3,(H,18,19). The van der Waals surface area contributed by atoms with E-state index in [4.69, 9.17) is 5.11 Å². The van der Waals surface area contributed by atoms with Crippen LogP contribution in [0.1, 0.15) is 11.1 Å². The number of hydrogen-bond donors (Lipinski definition) is 2. The molecule has 100 valence electrons. The Balaban J connectivity index is 2.17. The van der Waals surface area contributed by atoms with Crippen molar-refractivity contribution in [2.45, 2.75) is 13.3 Å². The molecular formula is C14H16N2O3. The maximum absolute atomic E-state index is 11.9. The molecule has 5 nitrogen and oxygen atoms in total. The van der Waals surface area contributed by atoms with E-state index >= 15 is 0 Å². The molecule has 0 aliphatic heterocycles. The van der Waals surface area contributed by atoms with Gasteiger partial charge in [-0.2, -0.15) is 0 Å². The van der Waals surface area contributed by atoms with Crippen molar-refractivity contribution in [1.82, 2.24) is 9.88 Å². The lowest BCUT2D eigenvalue weighted by Gasteiger charge is -2.13. The molecule has 0 bridgehead atoms. The van der Waals surface area contributed by atoms with Gasteiger partial charge in [0.1, 0.15) is 6.54 Å². The number of carboxylic acid groups (broad SMARTS) is 1. The molecule has 0 aliphatic carbocycles. The Morgan fingerprint density at radius 3 is 2.79 bits per heavy atom. The number of carbonyl (C=O) groups is 2. The summed E-state index contributed by atoms with van der Waals surface area (Å²) in [7, 11) is 1.50. The number of aromatic amines is 1. The highest BCUT2D eigenvalue weighted by Gasteiger charge is 2.14. The first-order chi connectivity index (χ1) is 8.97. The van der Waals surface area contributed by atoms with Gasteiger partial charge in [-0.1, -0.05) is 12.1 Å². The first-order valence-electron chi connectivity index (χ1n) is 5.99. The number of nitrogens with zero attached hydrogens (tertiary/aromatic N) is 1. The average Bonchev–Trinajstić information content (AvgIpc) is 2.70. The predicted molar refractivity (Wildman–Crippen MR) is 72.0 cm³/mol. The second-order valence-corrected chi connectivity index (χ2v) is 4.68. The van der Waals surface area contributed by atoms with Crippen molar-refractivity contribution in [2.75, 3.05) is 13.6 Å². The number of rotatable bonds is 4. The van der Waals surface area contributed by atoms with Crippen molar-refractivity contribution in [2.24, 2.45) is 0 Å². The molecule has 5 heteroatoms. The van der Waals surface area contributed by atoms with Crippen LogP contribution in [0.4, 0.5) is 0 Å². The molecule has 1 heterocycles. The number of nitrogens with one attached hydrogen (secondary N) is 1. The molecule has 2 aromatic rings. The highest BCUT2D eigenvalue weighted by Crippen LogP contribution is 2.20. The van der Waals surface area contributed by atoms with Crippen molar-refractivity contribution in [3.63, 3.8) is 0 Å². The summed E-state index contributed by atoms with van der Waals surface area (Å²) in [4.78, 5) is 26.8. The molecule has 0 radical (unpaired) electrons. The zero-order valence-electron chi connectivity index (χ0n) is 10.9. The van der Waals surface area contributed by atoms with Gasteiger partial charge in [0.05, 0.1) is 6.42 Å². The van der Waals surface area contributed by atoms with Crippen LogP contribution < -0.4 is 0 Å². The molecule has 0 aliphatic rings. The van der Waals surface area contributed by atoms with Crippen molar-refractivity contribution in [3.05, 3.63) is 35.5 Å². The van der Waals surface area contributed by atoms with Crippen LogP contribution in [0.2, 0.25) is 0 Å². The van der Waals surface area contributed by atoms with Gasteiger partial charge in [0.2, 0.25) is 5.91 Å². The van der Waals surface area contributed by atoms with Gasteiger partial charge in [-0.25, -0.2) is 0 Å². The maximum Gasteiger partial charge on any atom is 0.323 e. The number of carbonyl (C=O) groups excluding carboxylic acids is 1. The third kappa shape index (κ3) is 2.93. The number of aryl methyl sites for hydroxylation is 1. The van der Waals surface area contributed by atoms with Crippen LogP contribution >= 0.6 is 0 Å². The summed E-state index contributed by atoms with van der Waals surface area (Å²) in [5.41, 5.74) is 3.02. The van der Waals surface area contributed by atoms with Gasteiger partial charge >= 0.3 is 5.97 Å². The van der Waals surface area contributed by atoms with Crippen LogP contribution in [0.25, 0.3) is 10.9 Å². The number of carboxylic acids is 1. The molecule has 19 heavy (non-hydrogen) atoms. The summed E-state index contributed by atoms with van der Waals surface area (Å²) < 4.78 is 0. The normalized spacial score (nSPS) is 10.6.